The highest BCUT2D eigenvalue weighted by Crippen LogP contribution is 2.37. The molecule has 4 aliphatic rings. The first kappa shape index (κ1) is 20.9. The molecule has 3 aliphatic heterocycles. The van der Waals surface area contributed by atoms with Gasteiger partial charge in [0.2, 0.25) is 0 Å². The molecule has 0 amide bonds. The summed E-state index contributed by atoms with van der Waals surface area (Å²) in [6.07, 6.45) is 11.1. The first-order chi connectivity index (χ1) is 13.8. The van der Waals surface area contributed by atoms with Crippen LogP contribution in [0.1, 0.15) is 49.8 Å². The molecular weight excluding hydrogens is 411 g/mol. The van der Waals surface area contributed by atoms with Gasteiger partial charge in [0.05, 0.1) is 47.9 Å². The van der Waals surface area contributed by atoms with Crippen LogP contribution in [0.25, 0.3) is 5.57 Å². The molecule has 8 heteroatoms. The fourth-order valence-electron chi connectivity index (χ4n) is 4.86. The molecule has 29 heavy (non-hydrogen) atoms. The van der Waals surface area contributed by atoms with Crippen molar-refractivity contribution >= 4 is 35.8 Å². The molecular formula is C21H28Cl2N4O2. The molecule has 2 fully saturated rings. The zero-order valence-corrected chi connectivity index (χ0v) is 18.0. The van der Waals surface area contributed by atoms with Crippen molar-refractivity contribution in [3.8, 4) is 0 Å². The number of hydrogen-bond acceptors (Lipinski definition) is 5. The number of rotatable bonds is 3. The molecule has 158 valence electrons. The summed E-state index contributed by atoms with van der Waals surface area (Å²) in [5.74, 6) is 0.440. The number of hydrogen-bond donors (Lipinski definition) is 2. The van der Waals surface area contributed by atoms with Gasteiger partial charge < -0.3 is 19.9 Å². The maximum absolute atomic E-state index is 6.75. The number of ether oxygens (including phenoxy) is 2. The van der Waals surface area contributed by atoms with E-state index in [1.165, 1.54) is 11.1 Å². The number of halogens is 2. The Hall–Kier alpha value is -1.34. The molecule has 1 aliphatic carbocycles. The molecule has 0 spiro atoms. The zero-order valence-electron chi connectivity index (χ0n) is 16.5. The van der Waals surface area contributed by atoms with E-state index in [1.807, 2.05) is 12.3 Å². The molecule has 1 aromatic heterocycles. The number of allylic oxidation sites excluding steroid dienone is 1. The summed E-state index contributed by atoms with van der Waals surface area (Å²) in [5.41, 5.74) is 6.52. The zero-order chi connectivity index (χ0) is 18.9. The third-order valence-electron chi connectivity index (χ3n) is 6.33. The van der Waals surface area contributed by atoms with E-state index in [4.69, 9.17) is 26.1 Å². The number of nitrogens with one attached hydrogen (secondary N) is 2. The molecule has 1 aromatic rings. The normalized spacial score (nSPS) is 26.9. The van der Waals surface area contributed by atoms with Crippen LogP contribution in [0, 0.1) is 5.92 Å². The van der Waals surface area contributed by atoms with Crippen LogP contribution in [0.4, 0.5) is 0 Å². The Kier molecular flexibility index (Phi) is 6.64. The minimum absolute atomic E-state index is 0. The van der Waals surface area contributed by atoms with Crippen LogP contribution >= 0.6 is 24.0 Å². The van der Waals surface area contributed by atoms with Crippen molar-refractivity contribution in [1.29, 1.82) is 0 Å². The van der Waals surface area contributed by atoms with Gasteiger partial charge in [0.1, 0.15) is 0 Å². The van der Waals surface area contributed by atoms with Gasteiger partial charge in [-0.2, -0.15) is 5.10 Å². The molecule has 0 bridgehead atoms. The van der Waals surface area contributed by atoms with Crippen molar-refractivity contribution in [2.24, 2.45) is 16.0 Å². The molecule has 0 atom stereocenters. The smallest absolute Gasteiger partial charge is 0.0888 e. The summed E-state index contributed by atoms with van der Waals surface area (Å²) in [6.45, 7) is 3.00. The fraction of sp³-hybridized carbons (Fsp3) is 0.619. The third-order valence-corrected chi connectivity index (χ3v) is 6.69. The summed E-state index contributed by atoms with van der Waals surface area (Å²) in [5, 5.41) is 7.17. The van der Waals surface area contributed by atoms with Crippen molar-refractivity contribution in [2.45, 2.75) is 57.3 Å². The largest absolute Gasteiger partial charge is 0.381 e. The van der Waals surface area contributed by atoms with Crippen LogP contribution in [0.3, 0.4) is 0 Å². The van der Waals surface area contributed by atoms with Crippen LogP contribution in [0.2, 0.25) is 0 Å². The summed E-state index contributed by atoms with van der Waals surface area (Å²) >= 11 is 6.75. The number of hydrazone groups is 1. The highest BCUT2D eigenvalue weighted by atomic mass is 35.5. The lowest BCUT2D eigenvalue weighted by Crippen LogP contribution is -2.34. The van der Waals surface area contributed by atoms with Gasteiger partial charge in [-0.15, -0.1) is 12.4 Å². The monoisotopic (exact) mass is 438 g/mol. The standard InChI is InChI=1S/C21H27ClN4O2.ClH/c22-17-5-8-23-20-16-11-24-25-12-18(16)26-21(20)19(17)13-1-3-14(4-2-13)28-15-6-9-27-10-7-15;/h5,12-15,24,26H,1-4,6-11H2;1H. The van der Waals surface area contributed by atoms with Crippen molar-refractivity contribution in [1.82, 2.24) is 10.4 Å². The Labute approximate surface area is 181 Å². The second kappa shape index (κ2) is 9.21. The van der Waals surface area contributed by atoms with Gasteiger partial charge in [0.25, 0.3) is 0 Å². The number of nitrogens with zero attached hydrogens (tertiary/aromatic N) is 2. The highest BCUT2D eigenvalue weighted by molar-refractivity contribution is 6.35. The van der Waals surface area contributed by atoms with Crippen molar-refractivity contribution in [3.05, 3.63) is 33.1 Å². The van der Waals surface area contributed by atoms with Gasteiger partial charge >= 0.3 is 0 Å². The molecule has 4 heterocycles. The van der Waals surface area contributed by atoms with Gasteiger partial charge in [0.15, 0.2) is 0 Å². The Morgan fingerprint density at radius 1 is 1.07 bits per heavy atom. The molecule has 6 nitrogen and oxygen atoms in total. The first-order valence-electron chi connectivity index (χ1n) is 10.4. The number of H-pyrrole nitrogens is 1. The molecule has 0 unspecified atom stereocenters. The van der Waals surface area contributed by atoms with Crippen LogP contribution in [0.5, 0.6) is 0 Å². The second-order valence-corrected chi connectivity index (χ2v) is 8.47. The molecule has 5 rings (SSSR count). The van der Waals surface area contributed by atoms with Gasteiger partial charge in [-0.05, 0) is 56.1 Å². The van der Waals surface area contributed by atoms with Crippen molar-refractivity contribution < 1.29 is 9.47 Å². The minimum atomic E-state index is 0. The van der Waals surface area contributed by atoms with E-state index in [1.54, 1.807) is 0 Å². The van der Waals surface area contributed by atoms with Crippen LogP contribution in [0.15, 0.2) is 21.2 Å². The maximum atomic E-state index is 6.75. The highest BCUT2D eigenvalue weighted by Gasteiger charge is 2.29. The van der Waals surface area contributed by atoms with E-state index in [-0.39, 0.29) is 12.4 Å². The average molecular weight is 439 g/mol. The maximum Gasteiger partial charge on any atom is 0.0888 e. The van der Waals surface area contributed by atoms with Crippen molar-refractivity contribution in [3.63, 3.8) is 0 Å². The third kappa shape index (κ3) is 4.26. The molecule has 0 radical (unpaired) electrons. The Morgan fingerprint density at radius 3 is 2.62 bits per heavy atom. The van der Waals surface area contributed by atoms with E-state index < -0.39 is 0 Å². The lowest BCUT2D eigenvalue weighted by Gasteiger charge is -2.33. The summed E-state index contributed by atoms with van der Waals surface area (Å²) in [6, 6.07) is 0. The number of fused-ring (bicyclic) bond motifs is 3. The van der Waals surface area contributed by atoms with Gasteiger partial charge in [-0.3, -0.25) is 4.99 Å². The molecule has 0 aromatic carbocycles. The summed E-state index contributed by atoms with van der Waals surface area (Å²) in [4.78, 5) is 8.36. The van der Waals surface area contributed by atoms with E-state index in [9.17, 15) is 0 Å². The van der Waals surface area contributed by atoms with Gasteiger partial charge in [0, 0.05) is 23.8 Å². The summed E-state index contributed by atoms with van der Waals surface area (Å²) in [7, 11) is 0. The Morgan fingerprint density at radius 2 is 1.83 bits per heavy atom. The quantitative estimate of drug-likeness (QED) is 0.761. The Balaban J connectivity index is 0.00000205. The lowest BCUT2D eigenvalue weighted by molar-refractivity contribution is -0.0800. The topological polar surface area (TPSA) is 71.0 Å². The van der Waals surface area contributed by atoms with E-state index in [0.29, 0.717) is 31.2 Å². The molecule has 1 saturated carbocycles. The minimum Gasteiger partial charge on any atom is -0.381 e. The Bertz CT molecular complexity index is 910. The van der Waals surface area contributed by atoms with E-state index >= 15 is 0 Å². The van der Waals surface area contributed by atoms with Crippen LogP contribution in [-0.4, -0.2) is 43.2 Å². The average Bonchev–Trinajstić information content (AvgIpc) is 3.00. The molecule has 2 N–H and O–H groups in total. The van der Waals surface area contributed by atoms with Crippen LogP contribution in [-0.2, 0) is 16.0 Å². The number of aromatic amines is 1. The van der Waals surface area contributed by atoms with Crippen LogP contribution < -0.4 is 16.1 Å². The van der Waals surface area contributed by atoms with E-state index in [0.717, 1.165) is 73.2 Å². The summed E-state index contributed by atoms with van der Waals surface area (Å²) < 4.78 is 11.8. The SMILES string of the molecule is Cl.ClC1=CCN=c2c3c([nH]c2=C1C1CCC(OC2CCOCC2)CC1)C=NNC3. The fourth-order valence-corrected chi connectivity index (χ4v) is 5.18. The number of aromatic nitrogens is 1. The van der Waals surface area contributed by atoms with Gasteiger partial charge in [-0.1, -0.05) is 11.6 Å². The second-order valence-electron chi connectivity index (χ2n) is 8.06. The van der Waals surface area contributed by atoms with Gasteiger partial charge in [-0.25, -0.2) is 0 Å². The lowest BCUT2D eigenvalue weighted by atomic mass is 9.81. The van der Waals surface area contributed by atoms with Crippen molar-refractivity contribution in [2.75, 3.05) is 19.8 Å². The predicted molar refractivity (Wildman–Crippen MR) is 116 cm³/mol. The molecule has 1 saturated heterocycles. The predicted octanol–water partition coefficient (Wildman–Crippen LogP) is 2.53. The first-order valence-corrected chi connectivity index (χ1v) is 10.8. The van der Waals surface area contributed by atoms with E-state index in [2.05, 4.69) is 15.5 Å².